The number of hydrogen-bond acceptors (Lipinski definition) is 1. The van der Waals surface area contributed by atoms with Crippen LogP contribution in [-0.2, 0) is 4.79 Å². The van der Waals surface area contributed by atoms with E-state index in [-0.39, 0.29) is 11.3 Å². The third-order valence-electron chi connectivity index (χ3n) is 2.93. The molecule has 0 radical (unpaired) electrons. The second-order valence-electron chi connectivity index (χ2n) is 3.96. The molecule has 2 heteroatoms. The first-order valence-corrected chi connectivity index (χ1v) is 4.13. The fourth-order valence-electron chi connectivity index (χ4n) is 1.24. The smallest absolute Gasteiger partial charge is 0.223 e. The van der Waals surface area contributed by atoms with Gasteiger partial charge in [-0.2, -0.15) is 0 Å². The highest BCUT2D eigenvalue weighted by Gasteiger charge is 2.37. The molecule has 0 saturated carbocycles. The SMILES string of the molecule is CC(C)C(C)(C(N)=O)C(C)C. The Labute approximate surface area is 69.2 Å². The van der Waals surface area contributed by atoms with E-state index < -0.39 is 0 Å². The van der Waals surface area contributed by atoms with Crippen LogP contribution < -0.4 is 5.73 Å². The molecule has 2 nitrogen and oxygen atoms in total. The van der Waals surface area contributed by atoms with Crippen molar-refractivity contribution in [3.63, 3.8) is 0 Å². The topological polar surface area (TPSA) is 43.1 Å². The fraction of sp³-hybridized carbons (Fsp3) is 0.889. The van der Waals surface area contributed by atoms with Crippen molar-refractivity contribution in [2.75, 3.05) is 0 Å². The van der Waals surface area contributed by atoms with Crippen LogP contribution in [0.5, 0.6) is 0 Å². The van der Waals surface area contributed by atoms with Crippen LogP contribution in [-0.4, -0.2) is 5.91 Å². The number of carbonyl (C=O) groups excluding carboxylic acids is 1. The lowest BCUT2D eigenvalue weighted by Crippen LogP contribution is -2.42. The Morgan fingerprint density at radius 1 is 1.18 bits per heavy atom. The van der Waals surface area contributed by atoms with E-state index in [1.807, 2.05) is 34.6 Å². The Bertz CT molecular complexity index is 142. The first-order valence-electron chi connectivity index (χ1n) is 4.13. The second-order valence-corrected chi connectivity index (χ2v) is 3.96. The van der Waals surface area contributed by atoms with Crippen molar-refractivity contribution in [2.45, 2.75) is 34.6 Å². The van der Waals surface area contributed by atoms with Gasteiger partial charge in [-0.05, 0) is 11.8 Å². The molecule has 0 rings (SSSR count). The van der Waals surface area contributed by atoms with Crippen LogP contribution in [0.3, 0.4) is 0 Å². The Kier molecular flexibility index (Phi) is 3.09. The highest BCUT2D eigenvalue weighted by atomic mass is 16.1. The zero-order chi connectivity index (χ0) is 9.23. The molecule has 0 spiro atoms. The van der Waals surface area contributed by atoms with E-state index in [0.29, 0.717) is 11.8 Å². The molecule has 0 aromatic heterocycles. The van der Waals surface area contributed by atoms with Crippen molar-refractivity contribution in [3.8, 4) is 0 Å². The van der Waals surface area contributed by atoms with Gasteiger partial charge >= 0.3 is 0 Å². The lowest BCUT2D eigenvalue weighted by molar-refractivity contribution is -0.131. The van der Waals surface area contributed by atoms with Crippen LogP contribution in [0.25, 0.3) is 0 Å². The molecule has 1 amide bonds. The third kappa shape index (κ3) is 1.73. The van der Waals surface area contributed by atoms with E-state index in [1.54, 1.807) is 0 Å². The Morgan fingerprint density at radius 3 is 1.45 bits per heavy atom. The summed E-state index contributed by atoms with van der Waals surface area (Å²) in [7, 11) is 0. The van der Waals surface area contributed by atoms with Crippen LogP contribution in [0, 0.1) is 17.3 Å². The summed E-state index contributed by atoms with van der Waals surface area (Å²) in [6.45, 7) is 10.1. The molecular weight excluding hydrogens is 138 g/mol. The molecule has 66 valence electrons. The Hall–Kier alpha value is -0.530. The summed E-state index contributed by atoms with van der Waals surface area (Å²) in [5.41, 5.74) is 4.97. The minimum atomic E-state index is -0.361. The molecule has 0 fully saturated rings. The number of carbonyl (C=O) groups is 1. The predicted molar refractivity (Wildman–Crippen MR) is 47.0 cm³/mol. The number of hydrogen-bond donors (Lipinski definition) is 1. The molecule has 0 saturated heterocycles. The van der Waals surface area contributed by atoms with Crippen molar-refractivity contribution in [1.82, 2.24) is 0 Å². The molecule has 0 aliphatic heterocycles. The lowest BCUT2D eigenvalue weighted by Gasteiger charge is -2.34. The number of amides is 1. The number of rotatable bonds is 3. The monoisotopic (exact) mass is 157 g/mol. The maximum atomic E-state index is 11.1. The summed E-state index contributed by atoms with van der Waals surface area (Å²) in [6.07, 6.45) is 0. The average Bonchev–Trinajstić information content (AvgIpc) is 1.84. The van der Waals surface area contributed by atoms with Crippen molar-refractivity contribution in [3.05, 3.63) is 0 Å². The van der Waals surface area contributed by atoms with Crippen LogP contribution in [0.1, 0.15) is 34.6 Å². The van der Waals surface area contributed by atoms with E-state index in [0.717, 1.165) is 0 Å². The minimum Gasteiger partial charge on any atom is -0.369 e. The summed E-state index contributed by atoms with van der Waals surface area (Å²) in [5.74, 6) is 0.419. The van der Waals surface area contributed by atoms with E-state index in [2.05, 4.69) is 0 Å². The van der Waals surface area contributed by atoms with Gasteiger partial charge in [0, 0.05) is 0 Å². The van der Waals surface area contributed by atoms with Crippen molar-refractivity contribution < 1.29 is 4.79 Å². The normalized spacial score (nSPS) is 12.6. The summed E-state index contributed by atoms with van der Waals surface area (Å²) < 4.78 is 0. The molecular formula is C9H19NO. The van der Waals surface area contributed by atoms with Gasteiger partial charge in [-0.25, -0.2) is 0 Å². The van der Waals surface area contributed by atoms with Gasteiger partial charge in [-0.15, -0.1) is 0 Å². The molecule has 11 heavy (non-hydrogen) atoms. The van der Waals surface area contributed by atoms with E-state index in [1.165, 1.54) is 0 Å². The van der Waals surface area contributed by atoms with Gasteiger partial charge in [0.05, 0.1) is 5.41 Å². The number of primary amides is 1. The van der Waals surface area contributed by atoms with Gasteiger partial charge in [0.1, 0.15) is 0 Å². The lowest BCUT2D eigenvalue weighted by atomic mass is 9.70. The molecule has 0 aromatic rings. The van der Waals surface area contributed by atoms with Gasteiger partial charge in [0.2, 0.25) is 5.91 Å². The zero-order valence-electron chi connectivity index (χ0n) is 8.14. The molecule has 0 aromatic carbocycles. The van der Waals surface area contributed by atoms with Crippen LogP contribution in [0.4, 0.5) is 0 Å². The van der Waals surface area contributed by atoms with Crippen LogP contribution in [0.15, 0.2) is 0 Å². The largest absolute Gasteiger partial charge is 0.369 e. The second kappa shape index (κ2) is 3.24. The van der Waals surface area contributed by atoms with Crippen molar-refractivity contribution >= 4 is 5.91 Å². The Balaban J connectivity index is 4.67. The molecule has 2 N–H and O–H groups in total. The average molecular weight is 157 g/mol. The number of nitrogens with two attached hydrogens (primary N) is 1. The fourth-order valence-corrected chi connectivity index (χ4v) is 1.24. The molecule has 0 aliphatic carbocycles. The summed E-state index contributed by atoms with van der Waals surface area (Å²) >= 11 is 0. The highest BCUT2D eigenvalue weighted by Crippen LogP contribution is 2.34. The summed E-state index contributed by atoms with van der Waals surface area (Å²) in [4.78, 5) is 11.1. The van der Waals surface area contributed by atoms with Gasteiger partial charge < -0.3 is 5.73 Å². The van der Waals surface area contributed by atoms with Gasteiger partial charge in [0.15, 0.2) is 0 Å². The molecule has 0 atom stereocenters. The molecule has 0 heterocycles. The Morgan fingerprint density at radius 2 is 1.45 bits per heavy atom. The maximum absolute atomic E-state index is 11.1. The van der Waals surface area contributed by atoms with Crippen molar-refractivity contribution in [2.24, 2.45) is 23.0 Å². The van der Waals surface area contributed by atoms with Gasteiger partial charge in [-0.3, -0.25) is 4.79 Å². The molecule has 0 bridgehead atoms. The van der Waals surface area contributed by atoms with Gasteiger partial charge in [0.25, 0.3) is 0 Å². The van der Waals surface area contributed by atoms with Crippen LogP contribution >= 0.6 is 0 Å². The minimum absolute atomic E-state index is 0.192. The highest BCUT2D eigenvalue weighted by molar-refractivity contribution is 5.80. The summed E-state index contributed by atoms with van der Waals surface area (Å²) in [5, 5.41) is 0. The van der Waals surface area contributed by atoms with E-state index in [9.17, 15) is 4.79 Å². The van der Waals surface area contributed by atoms with E-state index in [4.69, 9.17) is 5.73 Å². The molecule has 0 aliphatic rings. The zero-order valence-corrected chi connectivity index (χ0v) is 8.14. The summed E-state index contributed by atoms with van der Waals surface area (Å²) in [6, 6.07) is 0. The predicted octanol–water partition coefficient (Wildman–Crippen LogP) is 1.79. The van der Waals surface area contributed by atoms with Gasteiger partial charge in [-0.1, -0.05) is 34.6 Å². The standard InChI is InChI=1S/C9H19NO/c1-6(2)9(5,7(3)4)8(10)11/h6-7H,1-5H3,(H2,10,11). The van der Waals surface area contributed by atoms with Crippen molar-refractivity contribution in [1.29, 1.82) is 0 Å². The maximum Gasteiger partial charge on any atom is 0.223 e. The quantitative estimate of drug-likeness (QED) is 0.666. The van der Waals surface area contributed by atoms with Crippen LogP contribution in [0.2, 0.25) is 0 Å². The molecule has 0 unspecified atom stereocenters. The third-order valence-corrected chi connectivity index (χ3v) is 2.93. The first kappa shape index (κ1) is 10.5. The first-order chi connectivity index (χ1) is 4.83. The van der Waals surface area contributed by atoms with E-state index >= 15 is 0 Å².